The Bertz CT molecular complexity index is 511. The molecule has 9 heteroatoms. The zero-order valence-corrected chi connectivity index (χ0v) is 7.57. The zero-order chi connectivity index (χ0) is 12.5. The minimum atomic E-state index is -3.33. The van der Waals surface area contributed by atoms with Gasteiger partial charge in [-0.05, 0) is 0 Å². The van der Waals surface area contributed by atoms with Crippen molar-refractivity contribution in [2.75, 3.05) is 0 Å². The van der Waals surface area contributed by atoms with Gasteiger partial charge in [0.1, 0.15) is 11.3 Å². The van der Waals surface area contributed by atoms with Crippen molar-refractivity contribution in [2.45, 2.75) is 6.43 Å². The van der Waals surface area contributed by atoms with Gasteiger partial charge in [0, 0.05) is 0 Å². The average Bonchev–Trinajstić information content (AvgIpc) is 2.15. The fourth-order valence-corrected chi connectivity index (χ4v) is 1.08. The van der Waals surface area contributed by atoms with Crippen LogP contribution in [0.1, 0.15) is 22.5 Å². The summed E-state index contributed by atoms with van der Waals surface area (Å²) < 4.78 is 24.9. The molecule has 0 atom stereocenters. The number of aromatic amines is 1. The number of rotatable bonds is 3. The number of carbonyl (C=O) groups is 1. The van der Waals surface area contributed by atoms with Crippen molar-refractivity contribution in [3.8, 4) is 0 Å². The Morgan fingerprint density at radius 3 is 2.50 bits per heavy atom. The highest BCUT2D eigenvalue weighted by Crippen LogP contribution is 2.19. The highest BCUT2D eigenvalue weighted by molar-refractivity contribution is 5.92. The van der Waals surface area contributed by atoms with E-state index >= 15 is 0 Å². The third kappa shape index (κ3) is 1.87. The molecule has 1 heterocycles. The number of hydrogen-bond acceptors (Lipinski definition) is 4. The number of nitrogens with zero attached hydrogens (tertiary/aromatic N) is 1. The molecular formula is C7H5F2N3O4. The molecule has 1 rings (SSSR count). The maximum absolute atomic E-state index is 12.4. The highest BCUT2D eigenvalue weighted by atomic mass is 19.3. The number of aromatic nitrogens is 1. The topological polar surface area (TPSA) is 119 Å². The van der Waals surface area contributed by atoms with Crippen molar-refractivity contribution >= 4 is 11.6 Å². The Kier molecular flexibility index (Phi) is 2.97. The van der Waals surface area contributed by atoms with E-state index in [9.17, 15) is 28.5 Å². The molecule has 0 unspecified atom stereocenters. The maximum Gasteiger partial charge on any atom is 0.332 e. The van der Waals surface area contributed by atoms with Crippen LogP contribution in [0.4, 0.5) is 14.5 Å². The lowest BCUT2D eigenvalue weighted by atomic mass is 10.1. The normalized spacial score (nSPS) is 10.4. The van der Waals surface area contributed by atoms with Gasteiger partial charge >= 0.3 is 5.69 Å². The van der Waals surface area contributed by atoms with Crippen molar-refractivity contribution in [1.29, 1.82) is 0 Å². The fourth-order valence-electron chi connectivity index (χ4n) is 1.08. The molecule has 7 nitrogen and oxygen atoms in total. The third-order valence-corrected chi connectivity index (χ3v) is 1.76. The van der Waals surface area contributed by atoms with Gasteiger partial charge in [-0.2, -0.15) is 0 Å². The van der Waals surface area contributed by atoms with Crippen LogP contribution in [0.2, 0.25) is 0 Å². The van der Waals surface area contributed by atoms with Gasteiger partial charge in [-0.3, -0.25) is 19.7 Å². The average molecular weight is 233 g/mol. The number of nitrogens with two attached hydrogens (primary N) is 1. The predicted molar refractivity (Wildman–Crippen MR) is 47.2 cm³/mol. The number of primary amides is 1. The van der Waals surface area contributed by atoms with Gasteiger partial charge in [-0.1, -0.05) is 0 Å². The van der Waals surface area contributed by atoms with E-state index in [-0.39, 0.29) is 0 Å². The summed E-state index contributed by atoms with van der Waals surface area (Å²) in [6.45, 7) is 0. The Morgan fingerprint density at radius 2 is 2.12 bits per heavy atom. The smallest absolute Gasteiger partial charge is 0.332 e. The maximum atomic E-state index is 12.4. The summed E-state index contributed by atoms with van der Waals surface area (Å²) in [6.07, 6.45) is -2.78. The number of nitrogens with one attached hydrogen (secondary N) is 1. The quantitative estimate of drug-likeness (QED) is 0.576. The SMILES string of the molecule is NC(=O)c1[nH]cc([N+](=O)[O-])c(=O)c1C(F)F. The number of amides is 1. The molecule has 0 fully saturated rings. The summed E-state index contributed by atoms with van der Waals surface area (Å²) in [5.41, 5.74) is 0.0270. The number of hydrogen-bond donors (Lipinski definition) is 2. The minimum Gasteiger partial charge on any atom is -0.364 e. The van der Waals surface area contributed by atoms with Crippen LogP contribution in [0.15, 0.2) is 11.0 Å². The Labute approximate surface area is 86.0 Å². The van der Waals surface area contributed by atoms with E-state index in [1.165, 1.54) is 0 Å². The molecule has 0 aliphatic carbocycles. The Morgan fingerprint density at radius 1 is 1.56 bits per heavy atom. The molecule has 86 valence electrons. The molecule has 0 aliphatic rings. The van der Waals surface area contributed by atoms with E-state index in [1.54, 1.807) is 0 Å². The van der Waals surface area contributed by atoms with Gasteiger partial charge in [0.2, 0.25) is 0 Å². The molecule has 0 saturated carbocycles. The summed E-state index contributed by atoms with van der Waals surface area (Å²) in [6, 6.07) is 0. The van der Waals surface area contributed by atoms with E-state index in [4.69, 9.17) is 5.73 Å². The first-order valence-electron chi connectivity index (χ1n) is 3.84. The van der Waals surface area contributed by atoms with Gasteiger partial charge < -0.3 is 10.7 Å². The second-order valence-electron chi connectivity index (χ2n) is 2.71. The van der Waals surface area contributed by atoms with E-state index in [0.29, 0.717) is 6.20 Å². The lowest BCUT2D eigenvalue weighted by molar-refractivity contribution is -0.386. The van der Waals surface area contributed by atoms with Gasteiger partial charge in [-0.25, -0.2) is 8.78 Å². The molecular weight excluding hydrogens is 228 g/mol. The Hall–Kier alpha value is -2.32. The number of H-pyrrole nitrogens is 1. The second kappa shape index (κ2) is 4.04. The number of pyridine rings is 1. The molecule has 16 heavy (non-hydrogen) atoms. The first-order chi connectivity index (χ1) is 7.36. The zero-order valence-electron chi connectivity index (χ0n) is 7.57. The standard InChI is InChI=1S/C7H5F2N3O4/c8-6(9)3-4(7(10)14)11-1-2(5(3)13)12(15)16/h1,6H,(H2,10,14)(H,11,13). The van der Waals surface area contributed by atoms with Crippen molar-refractivity contribution in [3.63, 3.8) is 0 Å². The van der Waals surface area contributed by atoms with Crippen LogP contribution in [0, 0.1) is 10.1 Å². The monoisotopic (exact) mass is 233 g/mol. The first kappa shape index (κ1) is 11.8. The summed E-state index contributed by atoms with van der Waals surface area (Å²) in [4.78, 5) is 33.0. The van der Waals surface area contributed by atoms with Gasteiger partial charge in [0.25, 0.3) is 17.8 Å². The summed E-state index contributed by atoms with van der Waals surface area (Å²) in [5.74, 6) is -1.29. The molecule has 0 saturated heterocycles. The predicted octanol–water partition coefficient (Wildman–Crippen LogP) is 0.320. The number of nitro groups is 1. The second-order valence-corrected chi connectivity index (χ2v) is 2.71. The highest BCUT2D eigenvalue weighted by Gasteiger charge is 2.27. The van der Waals surface area contributed by atoms with Crippen LogP contribution in [0.25, 0.3) is 0 Å². The number of halogens is 2. The van der Waals surface area contributed by atoms with Crippen molar-refractivity contribution in [3.05, 3.63) is 37.8 Å². The van der Waals surface area contributed by atoms with E-state index < -0.39 is 39.6 Å². The van der Waals surface area contributed by atoms with Crippen LogP contribution in [0.5, 0.6) is 0 Å². The van der Waals surface area contributed by atoms with Crippen molar-refractivity contribution < 1.29 is 18.5 Å². The lowest BCUT2D eigenvalue weighted by Gasteiger charge is -2.03. The molecule has 0 aliphatic heterocycles. The van der Waals surface area contributed by atoms with Crippen LogP contribution in [-0.4, -0.2) is 15.8 Å². The first-order valence-corrected chi connectivity index (χ1v) is 3.84. The number of alkyl halides is 2. The molecule has 0 bridgehead atoms. The molecule has 1 aromatic heterocycles. The largest absolute Gasteiger partial charge is 0.364 e. The molecule has 0 spiro atoms. The molecule has 3 N–H and O–H groups in total. The number of carbonyl (C=O) groups excluding carboxylic acids is 1. The van der Waals surface area contributed by atoms with E-state index in [0.717, 1.165) is 0 Å². The van der Waals surface area contributed by atoms with Gasteiger partial charge in [0.05, 0.1) is 11.1 Å². The van der Waals surface area contributed by atoms with E-state index in [2.05, 4.69) is 0 Å². The van der Waals surface area contributed by atoms with Crippen molar-refractivity contribution in [2.24, 2.45) is 5.73 Å². The molecule has 0 radical (unpaired) electrons. The van der Waals surface area contributed by atoms with E-state index in [1.807, 2.05) is 4.98 Å². The fraction of sp³-hybridized carbons (Fsp3) is 0.143. The van der Waals surface area contributed by atoms with Gasteiger partial charge in [-0.15, -0.1) is 0 Å². The van der Waals surface area contributed by atoms with Gasteiger partial charge in [0.15, 0.2) is 0 Å². The van der Waals surface area contributed by atoms with Crippen molar-refractivity contribution in [1.82, 2.24) is 4.98 Å². The Balaban J connectivity index is 3.61. The van der Waals surface area contributed by atoms with Crippen LogP contribution in [0.3, 0.4) is 0 Å². The van der Waals surface area contributed by atoms with Crippen LogP contribution in [-0.2, 0) is 0 Å². The molecule has 1 amide bonds. The van der Waals surface area contributed by atoms with Crippen LogP contribution >= 0.6 is 0 Å². The summed E-state index contributed by atoms with van der Waals surface area (Å²) in [7, 11) is 0. The minimum absolute atomic E-state index is 0.550. The lowest BCUT2D eigenvalue weighted by Crippen LogP contribution is -2.24. The van der Waals surface area contributed by atoms with Crippen LogP contribution < -0.4 is 11.2 Å². The summed E-state index contributed by atoms with van der Waals surface area (Å²) in [5, 5.41) is 10.3. The third-order valence-electron chi connectivity index (χ3n) is 1.76. The summed E-state index contributed by atoms with van der Waals surface area (Å²) >= 11 is 0. The molecule has 1 aromatic rings. The molecule has 0 aromatic carbocycles.